The molecule has 1 aliphatic heterocycles. The van der Waals surface area contributed by atoms with E-state index in [0.29, 0.717) is 13.0 Å². The highest BCUT2D eigenvalue weighted by Gasteiger charge is 2.21. The SMILES string of the molecule is CCOC(=O)/C=C1/CC(c2cccc(F)c2)Nc2ccccc2N1. The summed E-state index contributed by atoms with van der Waals surface area (Å²) in [5, 5.41) is 6.68. The molecule has 124 valence electrons. The second kappa shape index (κ2) is 7.17. The molecule has 1 atom stereocenters. The van der Waals surface area contributed by atoms with Gasteiger partial charge in [0, 0.05) is 18.2 Å². The Morgan fingerprint density at radius 3 is 2.79 bits per heavy atom. The van der Waals surface area contributed by atoms with Gasteiger partial charge < -0.3 is 15.4 Å². The van der Waals surface area contributed by atoms with Gasteiger partial charge in [0.15, 0.2) is 0 Å². The van der Waals surface area contributed by atoms with E-state index in [0.717, 1.165) is 22.6 Å². The predicted molar refractivity (Wildman–Crippen MR) is 92.2 cm³/mol. The van der Waals surface area contributed by atoms with Crippen molar-refractivity contribution >= 4 is 17.3 Å². The normalized spacial score (nSPS) is 18.1. The number of carbonyl (C=O) groups is 1. The van der Waals surface area contributed by atoms with E-state index in [1.54, 1.807) is 13.0 Å². The van der Waals surface area contributed by atoms with Crippen LogP contribution in [0.4, 0.5) is 15.8 Å². The Bertz CT molecular complexity index is 773. The molecule has 0 bridgehead atoms. The summed E-state index contributed by atoms with van der Waals surface area (Å²) in [5.74, 6) is -0.673. The minimum atomic E-state index is -0.391. The van der Waals surface area contributed by atoms with Gasteiger partial charge in [0.25, 0.3) is 0 Å². The van der Waals surface area contributed by atoms with Crippen LogP contribution in [0.3, 0.4) is 0 Å². The molecular formula is C19H19FN2O2. The number of halogens is 1. The molecule has 1 unspecified atom stereocenters. The monoisotopic (exact) mass is 326 g/mol. The fourth-order valence-electron chi connectivity index (χ4n) is 2.75. The van der Waals surface area contributed by atoms with Crippen LogP contribution in [0, 0.1) is 5.82 Å². The van der Waals surface area contributed by atoms with Crippen LogP contribution in [0.2, 0.25) is 0 Å². The zero-order valence-electron chi connectivity index (χ0n) is 13.4. The summed E-state index contributed by atoms with van der Waals surface area (Å²) in [7, 11) is 0. The highest BCUT2D eigenvalue weighted by molar-refractivity contribution is 5.84. The highest BCUT2D eigenvalue weighted by atomic mass is 19.1. The van der Waals surface area contributed by atoms with E-state index in [-0.39, 0.29) is 11.9 Å². The lowest BCUT2D eigenvalue weighted by Gasteiger charge is -2.18. The van der Waals surface area contributed by atoms with Gasteiger partial charge >= 0.3 is 5.97 Å². The number of para-hydroxylation sites is 2. The molecule has 2 aromatic carbocycles. The maximum Gasteiger partial charge on any atom is 0.332 e. The van der Waals surface area contributed by atoms with E-state index < -0.39 is 5.97 Å². The third-order valence-electron chi connectivity index (χ3n) is 3.81. The molecule has 24 heavy (non-hydrogen) atoms. The summed E-state index contributed by atoms with van der Waals surface area (Å²) in [5.41, 5.74) is 3.31. The first kappa shape index (κ1) is 16.1. The van der Waals surface area contributed by atoms with Crippen molar-refractivity contribution in [1.29, 1.82) is 0 Å². The van der Waals surface area contributed by atoms with Crippen LogP contribution >= 0.6 is 0 Å². The quantitative estimate of drug-likeness (QED) is 0.654. The van der Waals surface area contributed by atoms with Gasteiger partial charge in [0.2, 0.25) is 0 Å². The molecule has 0 aromatic heterocycles. The molecule has 1 aliphatic rings. The molecule has 0 saturated heterocycles. The van der Waals surface area contributed by atoms with E-state index in [9.17, 15) is 9.18 Å². The van der Waals surface area contributed by atoms with Gasteiger partial charge in [0.1, 0.15) is 5.82 Å². The zero-order valence-corrected chi connectivity index (χ0v) is 13.4. The topological polar surface area (TPSA) is 50.4 Å². The van der Waals surface area contributed by atoms with Crippen molar-refractivity contribution in [3.8, 4) is 0 Å². The van der Waals surface area contributed by atoms with Crippen LogP contribution in [0.15, 0.2) is 60.3 Å². The Morgan fingerprint density at radius 1 is 1.25 bits per heavy atom. The molecule has 2 aromatic rings. The summed E-state index contributed by atoms with van der Waals surface area (Å²) < 4.78 is 18.6. The largest absolute Gasteiger partial charge is 0.463 e. The number of hydrogen-bond acceptors (Lipinski definition) is 4. The summed E-state index contributed by atoms with van der Waals surface area (Å²) in [6.45, 7) is 2.09. The van der Waals surface area contributed by atoms with Crippen molar-refractivity contribution in [2.45, 2.75) is 19.4 Å². The van der Waals surface area contributed by atoms with Gasteiger partial charge in [0.05, 0.1) is 24.0 Å². The van der Waals surface area contributed by atoms with Crippen molar-refractivity contribution in [3.05, 3.63) is 71.7 Å². The molecule has 0 amide bonds. The van der Waals surface area contributed by atoms with Gasteiger partial charge in [-0.1, -0.05) is 24.3 Å². The zero-order chi connectivity index (χ0) is 16.9. The minimum Gasteiger partial charge on any atom is -0.463 e. The molecule has 1 heterocycles. The number of carbonyl (C=O) groups excluding carboxylic acids is 1. The van der Waals surface area contributed by atoms with Crippen LogP contribution in [-0.2, 0) is 9.53 Å². The highest BCUT2D eigenvalue weighted by Crippen LogP contribution is 2.35. The maximum absolute atomic E-state index is 13.6. The third-order valence-corrected chi connectivity index (χ3v) is 3.81. The van der Waals surface area contributed by atoms with Crippen molar-refractivity contribution in [1.82, 2.24) is 0 Å². The van der Waals surface area contributed by atoms with E-state index in [4.69, 9.17) is 4.74 Å². The van der Waals surface area contributed by atoms with Gasteiger partial charge in [-0.25, -0.2) is 9.18 Å². The van der Waals surface area contributed by atoms with Crippen molar-refractivity contribution in [3.63, 3.8) is 0 Å². The summed E-state index contributed by atoms with van der Waals surface area (Å²) >= 11 is 0. The van der Waals surface area contributed by atoms with Gasteiger partial charge in [-0.05, 0) is 36.8 Å². The molecular weight excluding hydrogens is 307 g/mol. The van der Waals surface area contributed by atoms with Crippen molar-refractivity contribution in [2.24, 2.45) is 0 Å². The number of nitrogens with one attached hydrogen (secondary N) is 2. The Kier molecular flexibility index (Phi) is 4.79. The van der Waals surface area contributed by atoms with Gasteiger partial charge in [-0.15, -0.1) is 0 Å². The number of benzene rings is 2. The molecule has 0 saturated carbocycles. The van der Waals surface area contributed by atoms with Crippen LogP contribution in [0.1, 0.15) is 24.9 Å². The Hall–Kier alpha value is -2.82. The lowest BCUT2D eigenvalue weighted by molar-refractivity contribution is -0.137. The average Bonchev–Trinajstić information content (AvgIpc) is 2.74. The number of anilines is 2. The number of esters is 1. The molecule has 0 aliphatic carbocycles. The fourth-order valence-corrected chi connectivity index (χ4v) is 2.75. The smallest absolute Gasteiger partial charge is 0.332 e. The third kappa shape index (κ3) is 3.74. The summed E-state index contributed by atoms with van der Waals surface area (Å²) in [6.07, 6.45) is 1.97. The van der Waals surface area contributed by atoms with Crippen LogP contribution < -0.4 is 10.6 Å². The van der Waals surface area contributed by atoms with Crippen LogP contribution in [0.5, 0.6) is 0 Å². The molecule has 0 spiro atoms. The number of hydrogen-bond donors (Lipinski definition) is 2. The van der Waals surface area contributed by atoms with Crippen LogP contribution in [-0.4, -0.2) is 12.6 Å². The first-order valence-corrected chi connectivity index (χ1v) is 7.91. The fraction of sp³-hybridized carbons (Fsp3) is 0.211. The number of fused-ring (bicyclic) bond motifs is 1. The second-order valence-electron chi connectivity index (χ2n) is 5.55. The van der Waals surface area contributed by atoms with E-state index in [2.05, 4.69) is 10.6 Å². The predicted octanol–water partition coefficient (Wildman–Crippen LogP) is 4.24. The molecule has 2 N–H and O–H groups in total. The van der Waals surface area contributed by atoms with E-state index in [1.165, 1.54) is 18.2 Å². The van der Waals surface area contributed by atoms with Crippen LogP contribution in [0.25, 0.3) is 0 Å². The van der Waals surface area contributed by atoms with Crippen molar-refractivity contribution in [2.75, 3.05) is 17.2 Å². The summed E-state index contributed by atoms with van der Waals surface area (Å²) in [6, 6.07) is 14.0. The van der Waals surface area contributed by atoms with E-state index >= 15 is 0 Å². The number of rotatable bonds is 3. The second-order valence-corrected chi connectivity index (χ2v) is 5.55. The first-order chi connectivity index (χ1) is 11.7. The molecule has 4 nitrogen and oxygen atoms in total. The lowest BCUT2D eigenvalue weighted by Crippen LogP contribution is -2.12. The van der Waals surface area contributed by atoms with E-state index in [1.807, 2.05) is 30.3 Å². The van der Waals surface area contributed by atoms with Crippen molar-refractivity contribution < 1.29 is 13.9 Å². The standard InChI is InChI=1S/C19H19FN2O2/c1-2-24-19(23)12-15-11-18(13-6-5-7-14(20)10-13)22-17-9-4-3-8-16(17)21-15/h3-10,12,18,21-22H,2,11H2,1H3/b15-12-. The number of ether oxygens (including phenoxy) is 1. The minimum absolute atomic E-state index is 0.155. The van der Waals surface area contributed by atoms with Gasteiger partial charge in [-0.3, -0.25) is 0 Å². The Labute approximate surface area is 140 Å². The average molecular weight is 326 g/mol. The Balaban J connectivity index is 1.97. The molecule has 3 rings (SSSR count). The molecule has 0 radical (unpaired) electrons. The first-order valence-electron chi connectivity index (χ1n) is 7.91. The lowest BCUT2D eigenvalue weighted by atomic mass is 10.0. The van der Waals surface area contributed by atoms with Gasteiger partial charge in [-0.2, -0.15) is 0 Å². The summed E-state index contributed by atoms with van der Waals surface area (Å²) in [4.78, 5) is 11.8. The maximum atomic E-state index is 13.6. The molecule has 0 fully saturated rings. The molecule has 5 heteroatoms. The Morgan fingerprint density at radius 2 is 2.04 bits per heavy atom.